The Bertz CT molecular complexity index is 1200. The molecule has 0 bridgehead atoms. The normalized spacial score (nSPS) is 19.9. The molecule has 6 atom stereocenters. The third-order valence-electron chi connectivity index (χ3n) is 11.8. The molecule has 1 aliphatic heterocycles. The molecule has 13 heteroatoms. The molecule has 366 valence electrons. The van der Waals surface area contributed by atoms with Crippen molar-refractivity contribution in [3.05, 3.63) is 12.2 Å². The minimum atomic E-state index is -4.60. The van der Waals surface area contributed by atoms with Crippen molar-refractivity contribution in [1.29, 1.82) is 0 Å². The topological polar surface area (TPSA) is 186 Å². The first-order chi connectivity index (χ1) is 30.0. The molecule has 0 aromatic carbocycles. The maximum atomic E-state index is 12.9. The van der Waals surface area contributed by atoms with Crippen molar-refractivity contribution in [2.45, 2.75) is 269 Å². The number of esters is 2. The number of unbranched alkanes of at least 4 members (excludes halogenated alkanes) is 29. The van der Waals surface area contributed by atoms with Crippen molar-refractivity contribution in [2.24, 2.45) is 0 Å². The molecule has 1 aliphatic rings. The summed E-state index contributed by atoms with van der Waals surface area (Å²) >= 11 is 0. The Labute approximate surface area is 377 Å². The number of allylic oxidation sites excluding steroid dienone is 2. The lowest BCUT2D eigenvalue weighted by Gasteiger charge is -2.40. The third kappa shape index (κ3) is 33.8. The highest BCUT2D eigenvalue weighted by Gasteiger charge is 2.46. The Morgan fingerprint density at radius 3 is 1.34 bits per heavy atom. The second-order valence-corrected chi connectivity index (χ2v) is 19.3. The fraction of sp³-hybridized carbons (Fsp3) is 0.918. The first kappa shape index (κ1) is 58.4. The van der Waals surface area contributed by atoms with E-state index in [1.54, 1.807) is 0 Å². The maximum absolute atomic E-state index is 12.9. The first-order valence-corrected chi connectivity index (χ1v) is 26.9. The molecule has 1 rings (SSSR count). The number of carbonyl (C=O) groups excluding carboxylic acids is 2. The number of hydrogen-bond acceptors (Lipinski definition) is 11. The summed E-state index contributed by atoms with van der Waals surface area (Å²) in [6.07, 6.45) is 33.9. The van der Waals surface area contributed by atoms with Gasteiger partial charge in [-0.3, -0.25) is 14.1 Å². The summed E-state index contributed by atoms with van der Waals surface area (Å²) in [5, 5.41) is 30.9. The van der Waals surface area contributed by atoms with Crippen LogP contribution in [0.2, 0.25) is 0 Å². The van der Waals surface area contributed by atoms with Gasteiger partial charge in [0.05, 0.1) is 6.61 Å². The molecule has 62 heavy (non-hydrogen) atoms. The summed E-state index contributed by atoms with van der Waals surface area (Å²) in [7, 11) is -4.60. The molecular weight excluding hydrogens is 813 g/mol. The molecule has 12 nitrogen and oxygen atoms in total. The molecule has 1 heterocycles. The molecule has 0 radical (unpaired) electrons. The second-order valence-electron chi connectivity index (χ2n) is 17.8. The van der Waals surface area contributed by atoms with Gasteiger partial charge in [0, 0.05) is 12.8 Å². The summed E-state index contributed by atoms with van der Waals surface area (Å²) in [4.78, 5) is 25.5. The fourth-order valence-electron chi connectivity index (χ4n) is 7.91. The second kappa shape index (κ2) is 39.7. The zero-order valence-electron chi connectivity index (χ0n) is 39.2. The van der Waals surface area contributed by atoms with Crippen molar-refractivity contribution in [2.75, 3.05) is 19.0 Å². The molecule has 0 amide bonds. The van der Waals surface area contributed by atoms with Crippen molar-refractivity contribution < 1.29 is 56.8 Å². The number of aliphatic hydroxyl groups is 3. The van der Waals surface area contributed by atoms with E-state index in [1.807, 2.05) is 0 Å². The number of aliphatic hydroxyl groups excluding tert-OH is 3. The van der Waals surface area contributed by atoms with Gasteiger partial charge >= 0.3 is 11.9 Å². The number of ether oxygens (including phenoxy) is 4. The third-order valence-corrected chi connectivity index (χ3v) is 12.6. The van der Waals surface area contributed by atoms with Gasteiger partial charge in [-0.25, -0.2) is 0 Å². The average molecular weight is 905 g/mol. The molecule has 0 spiro atoms. The first-order valence-electron chi connectivity index (χ1n) is 25.2. The van der Waals surface area contributed by atoms with Gasteiger partial charge in [0.15, 0.2) is 12.4 Å². The minimum Gasteiger partial charge on any atom is -0.462 e. The van der Waals surface area contributed by atoms with Crippen LogP contribution in [0.25, 0.3) is 0 Å². The highest BCUT2D eigenvalue weighted by atomic mass is 32.2. The van der Waals surface area contributed by atoms with Crippen molar-refractivity contribution in [3.63, 3.8) is 0 Å². The summed E-state index contributed by atoms with van der Waals surface area (Å²) in [5.41, 5.74) is 0. The van der Waals surface area contributed by atoms with Gasteiger partial charge in [0.1, 0.15) is 36.8 Å². The lowest BCUT2D eigenvalue weighted by Crippen LogP contribution is -2.60. The molecule has 0 aliphatic carbocycles. The van der Waals surface area contributed by atoms with Gasteiger partial charge < -0.3 is 34.3 Å². The van der Waals surface area contributed by atoms with E-state index in [0.29, 0.717) is 12.8 Å². The van der Waals surface area contributed by atoms with E-state index < -0.39 is 71.2 Å². The van der Waals surface area contributed by atoms with E-state index >= 15 is 0 Å². The van der Waals surface area contributed by atoms with E-state index in [9.17, 15) is 37.9 Å². The minimum absolute atomic E-state index is 0.164. The zero-order chi connectivity index (χ0) is 45.5. The monoisotopic (exact) mass is 905 g/mol. The smallest absolute Gasteiger partial charge is 0.306 e. The number of carbonyl (C=O) groups is 2. The molecule has 4 N–H and O–H groups in total. The van der Waals surface area contributed by atoms with Crippen LogP contribution in [0.3, 0.4) is 0 Å². The standard InChI is InChI=1S/C49H92O12S/c1-3-5-7-9-11-13-15-17-19-21-22-24-26-28-30-32-34-36-38-45(51)60-42(40-59-49-48(54)47(53)46(52)43(61-49)41-62(55,56)57)39-58-44(50)37-35-33-31-29-27-25-23-20-18-16-14-12-10-8-6-4-2/h19,21,42-43,46-49,52-54H,3-18,20,22-41H2,1-2H3,(H,55,56,57)/b21-19-. The lowest BCUT2D eigenvalue weighted by molar-refractivity contribution is -0.297. The van der Waals surface area contributed by atoms with Crippen LogP contribution in [0.5, 0.6) is 0 Å². The van der Waals surface area contributed by atoms with Crippen molar-refractivity contribution >= 4 is 22.1 Å². The predicted octanol–water partition coefficient (Wildman–Crippen LogP) is 11.0. The molecule has 1 fully saturated rings. The maximum Gasteiger partial charge on any atom is 0.306 e. The molecule has 6 unspecified atom stereocenters. The SMILES string of the molecule is CCCCCCCCC/C=C\CCCCCCCCCC(=O)OC(COC(=O)CCCCCCCCCCCCCCCCCC)COC1OC(CS(=O)(=O)O)C(O)C(O)C1O. The van der Waals surface area contributed by atoms with Crippen LogP contribution in [0.4, 0.5) is 0 Å². The van der Waals surface area contributed by atoms with Crippen LogP contribution < -0.4 is 0 Å². The van der Waals surface area contributed by atoms with E-state index in [-0.39, 0.29) is 19.4 Å². The van der Waals surface area contributed by atoms with Crippen molar-refractivity contribution in [1.82, 2.24) is 0 Å². The Balaban J connectivity index is 2.38. The van der Waals surface area contributed by atoms with E-state index in [0.717, 1.165) is 51.4 Å². The fourth-order valence-corrected chi connectivity index (χ4v) is 8.60. The molecule has 0 aromatic heterocycles. The largest absolute Gasteiger partial charge is 0.462 e. The summed E-state index contributed by atoms with van der Waals surface area (Å²) in [6, 6.07) is 0. The molecule has 0 saturated carbocycles. The van der Waals surface area contributed by atoms with Crippen LogP contribution in [0, 0.1) is 0 Å². The molecular formula is C49H92O12S. The Morgan fingerprint density at radius 1 is 0.532 bits per heavy atom. The van der Waals surface area contributed by atoms with Crippen LogP contribution >= 0.6 is 0 Å². The van der Waals surface area contributed by atoms with Crippen LogP contribution in [0.1, 0.15) is 232 Å². The predicted molar refractivity (Wildman–Crippen MR) is 247 cm³/mol. The Morgan fingerprint density at radius 2 is 0.919 bits per heavy atom. The van der Waals surface area contributed by atoms with Crippen LogP contribution in [-0.2, 0) is 38.7 Å². The van der Waals surface area contributed by atoms with Gasteiger partial charge in [-0.1, -0.05) is 193 Å². The molecule has 0 aromatic rings. The van der Waals surface area contributed by atoms with E-state index in [1.165, 1.54) is 141 Å². The highest BCUT2D eigenvalue weighted by molar-refractivity contribution is 7.85. The summed E-state index contributed by atoms with van der Waals surface area (Å²) < 4.78 is 54.2. The summed E-state index contributed by atoms with van der Waals surface area (Å²) in [6.45, 7) is 3.79. The van der Waals surface area contributed by atoms with E-state index in [2.05, 4.69) is 26.0 Å². The van der Waals surface area contributed by atoms with Gasteiger partial charge in [-0.2, -0.15) is 8.42 Å². The quantitative estimate of drug-likeness (QED) is 0.0197. The summed E-state index contributed by atoms with van der Waals surface area (Å²) in [5.74, 6) is -1.97. The zero-order valence-corrected chi connectivity index (χ0v) is 40.1. The van der Waals surface area contributed by atoms with Crippen LogP contribution in [-0.4, -0.2) is 96.0 Å². The highest BCUT2D eigenvalue weighted by Crippen LogP contribution is 2.24. The number of rotatable bonds is 43. The van der Waals surface area contributed by atoms with Crippen LogP contribution in [0.15, 0.2) is 12.2 Å². The van der Waals surface area contributed by atoms with Crippen molar-refractivity contribution in [3.8, 4) is 0 Å². The number of hydrogen-bond donors (Lipinski definition) is 4. The molecule has 1 saturated heterocycles. The Hall–Kier alpha value is -1.61. The Kier molecular flexibility index (Phi) is 37.4. The average Bonchev–Trinajstić information content (AvgIpc) is 3.24. The van der Waals surface area contributed by atoms with Gasteiger partial charge in [-0.15, -0.1) is 0 Å². The van der Waals surface area contributed by atoms with Gasteiger partial charge in [0.25, 0.3) is 10.1 Å². The van der Waals surface area contributed by atoms with E-state index in [4.69, 9.17) is 18.9 Å². The van der Waals surface area contributed by atoms with Gasteiger partial charge in [0.2, 0.25) is 0 Å². The van der Waals surface area contributed by atoms with Gasteiger partial charge in [-0.05, 0) is 38.5 Å². The lowest BCUT2D eigenvalue weighted by atomic mass is 10.00.